The lowest BCUT2D eigenvalue weighted by atomic mass is 10.1. The summed E-state index contributed by atoms with van der Waals surface area (Å²) in [6.07, 6.45) is 2.27. The van der Waals surface area contributed by atoms with Gasteiger partial charge in [0.25, 0.3) is 0 Å². The fourth-order valence-corrected chi connectivity index (χ4v) is 2.03. The molecule has 17 heavy (non-hydrogen) atoms. The zero-order valence-corrected chi connectivity index (χ0v) is 11.6. The Bertz CT molecular complexity index is 330. The summed E-state index contributed by atoms with van der Waals surface area (Å²) in [7, 11) is 2.01. The molecule has 0 amide bonds. The lowest BCUT2D eigenvalue weighted by Gasteiger charge is -2.05. The van der Waals surface area contributed by atoms with Gasteiger partial charge in [-0.25, -0.2) is 0 Å². The maximum absolute atomic E-state index is 4.43. The van der Waals surface area contributed by atoms with E-state index in [2.05, 4.69) is 36.5 Å². The minimum Gasteiger partial charge on any atom is -0.317 e. The van der Waals surface area contributed by atoms with E-state index in [1.165, 1.54) is 23.4 Å². The van der Waals surface area contributed by atoms with Crippen molar-refractivity contribution in [2.75, 3.05) is 26.2 Å². The quantitative estimate of drug-likeness (QED) is 0.668. The van der Waals surface area contributed by atoms with Gasteiger partial charge < -0.3 is 10.6 Å². The summed E-state index contributed by atoms with van der Waals surface area (Å²) in [5.74, 6) is 0. The Morgan fingerprint density at radius 2 is 1.82 bits per heavy atom. The minimum atomic E-state index is 1.04. The van der Waals surface area contributed by atoms with Gasteiger partial charge in [0, 0.05) is 12.7 Å². The predicted molar refractivity (Wildman–Crippen MR) is 72.4 cm³/mol. The largest absolute Gasteiger partial charge is 0.317 e. The predicted octanol–water partition coefficient (Wildman–Crippen LogP) is 1.17. The van der Waals surface area contributed by atoms with Crippen LogP contribution >= 0.6 is 0 Å². The molecule has 4 nitrogen and oxygen atoms in total. The van der Waals surface area contributed by atoms with Gasteiger partial charge >= 0.3 is 0 Å². The van der Waals surface area contributed by atoms with Crippen molar-refractivity contribution in [1.82, 2.24) is 20.4 Å². The van der Waals surface area contributed by atoms with Gasteiger partial charge in [0.2, 0.25) is 0 Å². The number of aromatic nitrogens is 2. The minimum absolute atomic E-state index is 1.04. The molecule has 0 aromatic carbocycles. The fourth-order valence-electron chi connectivity index (χ4n) is 2.03. The molecule has 0 spiro atoms. The highest BCUT2D eigenvalue weighted by Crippen LogP contribution is 2.11. The summed E-state index contributed by atoms with van der Waals surface area (Å²) in [6, 6.07) is 0. The third-order valence-electron chi connectivity index (χ3n) is 3.17. The molecule has 1 heterocycles. The summed E-state index contributed by atoms with van der Waals surface area (Å²) >= 11 is 0. The molecule has 0 radical (unpaired) electrons. The molecule has 0 fully saturated rings. The van der Waals surface area contributed by atoms with Gasteiger partial charge in [-0.3, -0.25) is 4.68 Å². The second-order valence-corrected chi connectivity index (χ2v) is 4.48. The number of rotatable bonds is 8. The van der Waals surface area contributed by atoms with Crippen LogP contribution in [0.15, 0.2) is 0 Å². The first-order valence-corrected chi connectivity index (χ1v) is 6.57. The Morgan fingerprint density at radius 3 is 2.41 bits per heavy atom. The molecule has 0 saturated carbocycles. The highest BCUT2D eigenvalue weighted by atomic mass is 15.3. The number of hydrogen-bond donors (Lipinski definition) is 2. The average molecular weight is 238 g/mol. The van der Waals surface area contributed by atoms with Gasteiger partial charge in [-0.1, -0.05) is 6.92 Å². The van der Waals surface area contributed by atoms with Crippen LogP contribution in [-0.2, 0) is 13.5 Å². The topological polar surface area (TPSA) is 41.9 Å². The van der Waals surface area contributed by atoms with Crippen molar-refractivity contribution in [3.63, 3.8) is 0 Å². The van der Waals surface area contributed by atoms with E-state index in [0.29, 0.717) is 0 Å². The first kappa shape index (κ1) is 14.2. The monoisotopic (exact) mass is 238 g/mol. The Balaban J connectivity index is 2.18. The Kier molecular flexibility index (Phi) is 6.22. The number of aryl methyl sites for hydroxylation is 2. The number of nitrogens with zero attached hydrogens (tertiary/aromatic N) is 2. The Labute approximate surface area is 105 Å². The average Bonchev–Trinajstić information content (AvgIpc) is 2.54. The lowest BCUT2D eigenvalue weighted by Crippen LogP contribution is -2.23. The van der Waals surface area contributed by atoms with E-state index >= 15 is 0 Å². The molecule has 4 heteroatoms. The zero-order chi connectivity index (χ0) is 12.7. The van der Waals surface area contributed by atoms with Crippen molar-refractivity contribution < 1.29 is 0 Å². The van der Waals surface area contributed by atoms with Gasteiger partial charge in [-0.05, 0) is 58.4 Å². The Hall–Kier alpha value is -0.870. The first-order valence-electron chi connectivity index (χ1n) is 6.57. The van der Waals surface area contributed by atoms with Gasteiger partial charge in [-0.2, -0.15) is 5.10 Å². The molecule has 2 N–H and O–H groups in total. The fraction of sp³-hybridized carbons (Fsp3) is 0.769. The highest BCUT2D eigenvalue weighted by Gasteiger charge is 2.07. The standard InChI is InChI=1S/C13H26N4/c1-5-14-8-6-9-15-10-7-13-11(2)16-17(4)12(13)3/h14-15H,5-10H2,1-4H3. The summed E-state index contributed by atoms with van der Waals surface area (Å²) in [5, 5.41) is 11.2. The van der Waals surface area contributed by atoms with E-state index in [1.54, 1.807) is 0 Å². The zero-order valence-electron chi connectivity index (χ0n) is 11.6. The summed E-state index contributed by atoms with van der Waals surface area (Å²) in [5.41, 5.74) is 3.85. The van der Waals surface area contributed by atoms with E-state index in [-0.39, 0.29) is 0 Å². The molecule has 0 bridgehead atoms. The Morgan fingerprint density at radius 1 is 1.12 bits per heavy atom. The first-order chi connectivity index (χ1) is 8.16. The molecule has 0 atom stereocenters. The van der Waals surface area contributed by atoms with Crippen LogP contribution in [-0.4, -0.2) is 36.0 Å². The van der Waals surface area contributed by atoms with Gasteiger partial charge in [-0.15, -0.1) is 0 Å². The van der Waals surface area contributed by atoms with Gasteiger partial charge in [0.15, 0.2) is 0 Å². The van der Waals surface area contributed by atoms with Crippen LogP contribution in [0.1, 0.15) is 30.3 Å². The molecule has 0 unspecified atom stereocenters. The van der Waals surface area contributed by atoms with E-state index in [1.807, 2.05) is 11.7 Å². The molecule has 0 aliphatic heterocycles. The van der Waals surface area contributed by atoms with Crippen LogP contribution < -0.4 is 10.6 Å². The molecule has 1 aromatic rings. The van der Waals surface area contributed by atoms with Crippen molar-refractivity contribution >= 4 is 0 Å². The summed E-state index contributed by atoms with van der Waals surface area (Å²) < 4.78 is 1.97. The maximum Gasteiger partial charge on any atom is 0.0628 e. The van der Waals surface area contributed by atoms with Crippen LogP contribution in [0, 0.1) is 13.8 Å². The van der Waals surface area contributed by atoms with E-state index in [4.69, 9.17) is 0 Å². The van der Waals surface area contributed by atoms with Gasteiger partial charge in [0.1, 0.15) is 0 Å². The molecular formula is C13H26N4. The van der Waals surface area contributed by atoms with Crippen molar-refractivity contribution in [1.29, 1.82) is 0 Å². The van der Waals surface area contributed by atoms with Crippen LogP contribution in [0.5, 0.6) is 0 Å². The summed E-state index contributed by atoms with van der Waals surface area (Å²) in [4.78, 5) is 0. The third kappa shape index (κ3) is 4.48. The highest BCUT2D eigenvalue weighted by molar-refractivity contribution is 5.24. The normalized spacial score (nSPS) is 11.1. The molecule has 0 aliphatic rings. The van der Waals surface area contributed by atoms with Gasteiger partial charge in [0.05, 0.1) is 5.69 Å². The summed E-state index contributed by atoms with van der Waals surface area (Å²) in [6.45, 7) is 10.7. The molecule has 0 saturated heterocycles. The van der Waals surface area contributed by atoms with Crippen LogP contribution in [0.4, 0.5) is 0 Å². The van der Waals surface area contributed by atoms with Crippen LogP contribution in [0.2, 0.25) is 0 Å². The van der Waals surface area contributed by atoms with Crippen molar-refractivity contribution in [3.05, 3.63) is 17.0 Å². The van der Waals surface area contributed by atoms with Crippen molar-refractivity contribution in [3.8, 4) is 0 Å². The molecule has 1 aromatic heterocycles. The smallest absolute Gasteiger partial charge is 0.0628 e. The second kappa shape index (κ2) is 7.45. The third-order valence-corrected chi connectivity index (χ3v) is 3.17. The second-order valence-electron chi connectivity index (χ2n) is 4.48. The molecular weight excluding hydrogens is 212 g/mol. The van der Waals surface area contributed by atoms with Crippen molar-refractivity contribution in [2.24, 2.45) is 7.05 Å². The van der Waals surface area contributed by atoms with E-state index < -0.39 is 0 Å². The number of hydrogen-bond acceptors (Lipinski definition) is 3. The van der Waals surface area contributed by atoms with Crippen LogP contribution in [0.25, 0.3) is 0 Å². The maximum atomic E-state index is 4.43. The van der Waals surface area contributed by atoms with Crippen LogP contribution in [0.3, 0.4) is 0 Å². The van der Waals surface area contributed by atoms with E-state index in [0.717, 1.165) is 32.6 Å². The molecule has 0 aliphatic carbocycles. The molecule has 98 valence electrons. The molecule has 1 rings (SSSR count). The lowest BCUT2D eigenvalue weighted by molar-refractivity contribution is 0.605. The van der Waals surface area contributed by atoms with E-state index in [9.17, 15) is 0 Å². The van der Waals surface area contributed by atoms with Crippen molar-refractivity contribution in [2.45, 2.75) is 33.6 Å². The SMILES string of the molecule is CCNCCCNCCc1c(C)nn(C)c1C. The number of nitrogens with one attached hydrogen (secondary N) is 2.